The molecule has 0 aliphatic carbocycles. The van der Waals surface area contributed by atoms with Crippen molar-refractivity contribution in [3.8, 4) is 11.5 Å². The fourth-order valence-electron chi connectivity index (χ4n) is 2.07. The summed E-state index contributed by atoms with van der Waals surface area (Å²) in [5.41, 5.74) is 8.85. The normalized spacial score (nSPS) is 11.2. The van der Waals surface area contributed by atoms with Crippen LogP contribution in [0.3, 0.4) is 0 Å². The minimum Gasteiger partial charge on any atom is -1.00 e. The molecule has 0 unspecified atom stereocenters. The third kappa shape index (κ3) is 4.59. The monoisotopic (exact) mass is 350 g/mol. The number of nitrogen functional groups attached to an aromatic ring is 1. The van der Waals surface area contributed by atoms with Crippen LogP contribution in [-0.2, 0) is 0 Å². The second kappa shape index (κ2) is 7.99. The van der Waals surface area contributed by atoms with E-state index in [0.717, 1.165) is 11.4 Å². The third-order valence-electron chi connectivity index (χ3n) is 3.41. The fourth-order valence-corrected chi connectivity index (χ4v) is 2.07. The maximum absolute atomic E-state index is 5.87. The number of quaternary nitrogens is 1. The van der Waals surface area contributed by atoms with E-state index in [4.69, 9.17) is 15.2 Å². The van der Waals surface area contributed by atoms with E-state index in [1.807, 2.05) is 18.2 Å². The van der Waals surface area contributed by atoms with Crippen molar-refractivity contribution in [2.45, 2.75) is 0 Å². The summed E-state index contributed by atoms with van der Waals surface area (Å²) in [6.45, 7) is 0. The van der Waals surface area contributed by atoms with E-state index in [-0.39, 0.29) is 12.4 Å². The van der Waals surface area contributed by atoms with Gasteiger partial charge in [-0.3, -0.25) is 4.48 Å². The van der Waals surface area contributed by atoms with E-state index < -0.39 is 0 Å². The third-order valence-corrected chi connectivity index (χ3v) is 3.41. The molecule has 0 heterocycles. The Balaban J connectivity index is 0.00000288. The Kier molecular flexibility index (Phi) is 6.57. The summed E-state index contributed by atoms with van der Waals surface area (Å²) in [6, 6.07) is 11.3. The number of ether oxygens (including phenoxy) is 2. The van der Waals surface area contributed by atoms with Crippen molar-refractivity contribution < 1.29 is 21.9 Å². The first-order valence-corrected chi connectivity index (χ1v) is 7.20. The molecule has 0 amide bonds. The van der Waals surface area contributed by atoms with Crippen LogP contribution in [0.5, 0.6) is 11.5 Å². The molecule has 2 aromatic rings. The lowest BCUT2D eigenvalue weighted by Crippen LogP contribution is -3.00. The molecule has 0 aromatic heterocycles. The number of nitrogens with zero attached hydrogens (tertiary/aromatic N) is 3. The van der Waals surface area contributed by atoms with Crippen LogP contribution in [0.15, 0.2) is 46.6 Å². The number of halogens is 1. The van der Waals surface area contributed by atoms with Crippen molar-refractivity contribution in [2.24, 2.45) is 10.2 Å². The van der Waals surface area contributed by atoms with Crippen LogP contribution in [0.25, 0.3) is 0 Å². The smallest absolute Gasteiger partial charge is 0.148 e. The first kappa shape index (κ1) is 19.7. The number of benzene rings is 2. The van der Waals surface area contributed by atoms with E-state index in [1.165, 1.54) is 0 Å². The van der Waals surface area contributed by atoms with Crippen LogP contribution in [0, 0.1) is 0 Å². The summed E-state index contributed by atoms with van der Waals surface area (Å²) >= 11 is 0. The van der Waals surface area contributed by atoms with Crippen molar-refractivity contribution in [1.82, 2.24) is 4.48 Å². The number of hydrogen-bond acceptors (Lipinski definition) is 5. The Hall–Kier alpha value is -2.31. The number of hydrogen-bond donors (Lipinski definition) is 1. The highest BCUT2D eigenvalue weighted by Crippen LogP contribution is 2.37. The molecule has 2 aromatic carbocycles. The molecule has 0 aliphatic heterocycles. The maximum atomic E-state index is 5.87. The van der Waals surface area contributed by atoms with Crippen LogP contribution < -0.4 is 32.1 Å². The summed E-state index contributed by atoms with van der Waals surface area (Å²) in [6.07, 6.45) is 0. The van der Waals surface area contributed by atoms with Crippen molar-refractivity contribution in [1.29, 1.82) is 0 Å². The number of azo groups is 1. The van der Waals surface area contributed by atoms with Gasteiger partial charge in [0.2, 0.25) is 0 Å². The lowest BCUT2D eigenvalue weighted by Gasteiger charge is -2.23. The second-order valence-electron chi connectivity index (χ2n) is 6.00. The van der Waals surface area contributed by atoms with E-state index in [0.29, 0.717) is 27.4 Å². The van der Waals surface area contributed by atoms with Gasteiger partial charge in [-0.25, -0.2) is 0 Å². The molecular weight excluding hydrogens is 328 g/mol. The average Bonchev–Trinajstić information content (AvgIpc) is 2.52. The standard InChI is InChI=1S/C17H23N4O2.ClH/c1-21(2,3)13-8-6-7-12(9-13)19-20-15-11-16(22-4)14(18)10-17(15)23-5;/h6-11H,18H2,1-5H3;1H/q+1;/p-1/b20-19+;. The molecule has 2 rings (SSSR count). The molecule has 0 saturated carbocycles. The molecule has 7 heteroatoms. The Morgan fingerprint density at radius 2 is 1.58 bits per heavy atom. The van der Waals surface area contributed by atoms with Gasteiger partial charge in [0.05, 0.1) is 46.7 Å². The highest BCUT2D eigenvalue weighted by atomic mass is 35.5. The molecule has 0 aliphatic rings. The van der Waals surface area contributed by atoms with Crippen LogP contribution in [0.1, 0.15) is 0 Å². The first-order chi connectivity index (χ1) is 10.8. The summed E-state index contributed by atoms with van der Waals surface area (Å²) in [5, 5.41) is 8.58. The summed E-state index contributed by atoms with van der Waals surface area (Å²) in [4.78, 5) is 0. The molecule has 0 bridgehead atoms. The molecule has 0 spiro atoms. The van der Waals surface area contributed by atoms with Gasteiger partial charge >= 0.3 is 0 Å². The van der Waals surface area contributed by atoms with Gasteiger partial charge in [0, 0.05) is 18.2 Å². The summed E-state index contributed by atoms with van der Waals surface area (Å²) < 4.78 is 11.2. The van der Waals surface area contributed by atoms with Gasteiger partial charge in [0.15, 0.2) is 0 Å². The molecule has 6 nitrogen and oxygen atoms in total. The van der Waals surface area contributed by atoms with Crippen molar-refractivity contribution in [2.75, 3.05) is 41.1 Å². The SMILES string of the molecule is COc1cc(/N=N/c2cccc([N+](C)(C)C)c2)c(OC)cc1N.[Cl-]. The van der Waals surface area contributed by atoms with Crippen LogP contribution >= 0.6 is 0 Å². The second-order valence-corrected chi connectivity index (χ2v) is 6.00. The summed E-state index contributed by atoms with van der Waals surface area (Å²) in [5.74, 6) is 1.09. The van der Waals surface area contributed by atoms with Gasteiger partial charge < -0.3 is 27.6 Å². The highest BCUT2D eigenvalue weighted by Gasteiger charge is 2.12. The zero-order valence-electron chi connectivity index (χ0n) is 14.6. The van der Waals surface area contributed by atoms with Gasteiger partial charge in [-0.2, -0.15) is 5.11 Å². The van der Waals surface area contributed by atoms with Crippen molar-refractivity contribution >= 4 is 22.7 Å². The van der Waals surface area contributed by atoms with E-state index in [9.17, 15) is 0 Å². The average molecular weight is 351 g/mol. The van der Waals surface area contributed by atoms with Crippen molar-refractivity contribution in [3.63, 3.8) is 0 Å². The number of rotatable bonds is 5. The number of nitrogens with two attached hydrogens (primary N) is 1. The molecule has 2 N–H and O–H groups in total. The Bertz CT molecular complexity index is 727. The zero-order valence-corrected chi connectivity index (χ0v) is 15.3. The summed E-state index contributed by atoms with van der Waals surface area (Å²) in [7, 11) is 9.43. The molecule has 24 heavy (non-hydrogen) atoms. The Labute approximate surface area is 148 Å². The largest absolute Gasteiger partial charge is 1.00 e. The van der Waals surface area contributed by atoms with Gasteiger partial charge in [-0.15, -0.1) is 5.11 Å². The molecule has 0 fully saturated rings. The van der Waals surface area contributed by atoms with E-state index >= 15 is 0 Å². The lowest BCUT2D eigenvalue weighted by molar-refractivity contribution is -0.00000564. The van der Waals surface area contributed by atoms with Crippen LogP contribution in [-0.4, -0.2) is 35.4 Å². The molecule has 0 atom stereocenters. The zero-order chi connectivity index (χ0) is 17.0. The highest BCUT2D eigenvalue weighted by molar-refractivity contribution is 5.67. The molecule has 0 radical (unpaired) electrons. The van der Waals surface area contributed by atoms with Crippen molar-refractivity contribution in [3.05, 3.63) is 36.4 Å². The molecule has 0 saturated heterocycles. The Morgan fingerprint density at radius 3 is 2.17 bits per heavy atom. The topological polar surface area (TPSA) is 69.2 Å². The Morgan fingerprint density at radius 1 is 0.917 bits per heavy atom. The number of methoxy groups -OCH3 is 2. The van der Waals surface area contributed by atoms with Gasteiger partial charge in [-0.1, -0.05) is 6.07 Å². The quantitative estimate of drug-likeness (QED) is 0.495. The lowest BCUT2D eigenvalue weighted by atomic mass is 10.2. The van der Waals surface area contributed by atoms with E-state index in [2.05, 4.69) is 37.4 Å². The minimum atomic E-state index is 0. The van der Waals surface area contributed by atoms with Gasteiger partial charge in [-0.05, 0) is 12.1 Å². The predicted octanol–water partition coefficient (Wildman–Crippen LogP) is 0.902. The van der Waals surface area contributed by atoms with Gasteiger partial charge in [0.25, 0.3) is 0 Å². The fraction of sp³-hybridized carbons (Fsp3) is 0.294. The predicted molar refractivity (Wildman–Crippen MR) is 94.1 cm³/mol. The molecule has 130 valence electrons. The van der Waals surface area contributed by atoms with Crippen LogP contribution in [0.2, 0.25) is 0 Å². The molecular formula is C17H23ClN4O2. The van der Waals surface area contributed by atoms with Gasteiger partial charge in [0.1, 0.15) is 22.9 Å². The van der Waals surface area contributed by atoms with Crippen LogP contribution in [0.4, 0.5) is 22.7 Å². The number of anilines is 1. The maximum Gasteiger partial charge on any atom is 0.148 e. The minimum absolute atomic E-state index is 0. The first-order valence-electron chi connectivity index (χ1n) is 7.20. The van der Waals surface area contributed by atoms with E-state index in [1.54, 1.807) is 26.4 Å².